The Hall–Kier alpha value is -3.22. The van der Waals surface area contributed by atoms with Gasteiger partial charge in [0, 0.05) is 17.0 Å². The molecule has 3 aliphatic rings. The molecule has 1 heterocycles. The molecule has 3 aliphatic carbocycles. The van der Waals surface area contributed by atoms with Crippen molar-refractivity contribution in [2.45, 2.75) is 48.9 Å². The molecule has 2 aromatic carbocycles. The Morgan fingerprint density at radius 3 is 2.19 bits per heavy atom. The van der Waals surface area contributed by atoms with E-state index >= 15 is 8.78 Å². The largest absolute Gasteiger partial charge is 0.484 e. The monoisotopic (exact) mass is 515 g/mol. The molecule has 3 fully saturated rings. The number of alkyl halides is 5. The first kappa shape index (κ1) is 24.5. The summed E-state index contributed by atoms with van der Waals surface area (Å²) in [5.74, 6) is -5.78. The Morgan fingerprint density at radius 1 is 0.972 bits per heavy atom. The van der Waals surface area contributed by atoms with Gasteiger partial charge >= 0.3 is 6.18 Å². The number of nitrogens with two attached hydrogens (primary N) is 1. The van der Waals surface area contributed by atoms with Crippen LogP contribution in [0, 0.1) is 17.0 Å². The third-order valence-electron chi connectivity index (χ3n) is 7.34. The van der Waals surface area contributed by atoms with E-state index in [0.29, 0.717) is 11.6 Å². The van der Waals surface area contributed by atoms with Gasteiger partial charge in [0.05, 0.1) is 6.54 Å². The molecular formula is C23H20F7N5O. The highest BCUT2D eigenvalue weighted by atomic mass is 19.4. The van der Waals surface area contributed by atoms with E-state index in [1.807, 2.05) is 0 Å². The molecule has 13 heteroatoms. The van der Waals surface area contributed by atoms with Crippen molar-refractivity contribution < 1.29 is 35.5 Å². The predicted octanol–water partition coefficient (Wildman–Crippen LogP) is 4.50. The van der Waals surface area contributed by atoms with Crippen LogP contribution in [0.5, 0.6) is 5.75 Å². The van der Waals surface area contributed by atoms with Crippen molar-refractivity contribution >= 4 is 0 Å². The van der Waals surface area contributed by atoms with Crippen LogP contribution in [-0.2, 0) is 17.5 Å². The number of halogens is 7. The van der Waals surface area contributed by atoms with Gasteiger partial charge in [0.25, 0.3) is 5.92 Å². The fourth-order valence-corrected chi connectivity index (χ4v) is 5.68. The molecule has 6 nitrogen and oxygen atoms in total. The van der Waals surface area contributed by atoms with Gasteiger partial charge in [0.2, 0.25) is 0 Å². The summed E-state index contributed by atoms with van der Waals surface area (Å²) in [5, 5.41) is 10.4. The van der Waals surface area contributed by atoms with Crippen LogP contribution in [0.2, 0.25) is 0 Å². The highest BCUT2D eigenvalue weighted by Gasteiger charge is 2.81. The number of hydrogen-bond donors (Lipinski definition) is 1. The molecule has 36 heavy (non-hydrogen) atoms. The van der Waals surface area contributed by atoms with Crippen LogP contribution >= 0.6 is 0 Å². The minimum absolute atomic E-state index is 0.0110. The van der Waals surface area contributed by atoms with Gasteiger partial charge in [-0.15, -0.1) is 5.10 Å². The molecule has 2 N–H and O–H groups in total. The molecular weight excluding hydrogens is 495 g/mol. The van der Waals surface area contributed by atoms with Crippen molar-refractivity contribution in [2.75, 3.05) is 6.61 Å². The molecule has 1 atom stereocenters. The smallest absolute Gasteiger partial charge is 0.422 e. The van der Waals surface area contributed by atoms with Crippen LogP contribution in [0.3, 0.4) is 0 Å². The number of benzene rings is 2. The van der Waals surface area contributed by atoms with Gasteiger partial charge in [-0.3, -0.25) is 0 Å². The first-order valence-electron chi connectivity index (χ1n) is 10.9. The number of tetrazole rings is 1. The van der Waals surface area contributed by atoms with E-state index in [0.717, 1.165) is 23.1 Å². The van der Waals surface area contributed by atoms with Crippen molar-refractivity contribution in [3.63, 3.8) is 0 Å². The fraction of sp³-hybridized carbons (Fsp3) is 0.435. The first-order valence-corrected chi connectivity index (χ1v) is 10.9. The second-order valence-corrected chi connectivity index (χ2v) is 9.70. The van der Waals surface area contributed by atoms with Crippen molar-refractivity contribution in [1.29, 1.82) is 0 Å². The molecule has 0 aliphatic heterocycles. The van der Waals surface area contributed by atoms with Crippen LogP contribution in [0.15, 0.2) is 48.8 Å². The fourth-order valence-electron chi connectivity index (χ4n) is 5.68. The highest BCUT2D eigenvalue weighted by Crippen LogP contribution is 2.80. The van der Waals surface area contributed by atoms with Crippen molar-refractivity contribution in [3.8, 4) is 5.75 Å². The quantitative estimate of drug-likeness (QED) is 0.447. The number of aromatic nitrogens is 4. The molecule has 0 unspecified atom stereocenters. The van der Waals surface area contributed by atoms with Crippen LogP contribution in [0.1, 0.15) is 30.4 Å². The summed E-state index contributed by atoms with van der Waals surface area (Å²) < 4.78 is 104. The number of hydrogen-bond acceptors (Lipinski definition) is 5. The van der Waals surface area contributed by atoms with E-state index in [1.54, 1.807) is 12.1 Å². The van der Waals surface area contributed by atoms with Crippen LogP contribution in [0.25, 0.3) is 0 Å². The van der Waals surface area contributed by atoms with Gasteiger partial charge in [0.1, 0.15) is 29.3 Å². The maximum Gasteiger partial charge on any atom is 0.422 e. The van der Waals surface area contributed by atoms with Gasteiger partial charge in [-0.2, -0.15) is 13.2 Å². The zero-order valence-corrected chi connectivity index (χ0v) is 18.6. The van der Waals surface area contributed by atoms with E-state index in [1.165, 1.54) is 12.1 Å². The van der Waals surface area contributed by atoms with Crippen LogP contribution in [0.4, 0.5) is 30.7 Å². The van der Waals surface area contributed by atoms with E-state index in [2.05, 4.69) is 15.5 Å². The molecule has 0 saturated heterocycles. The van der Waals surface area contributed by atoms with Gasteiger partial charge in [0.15, 0.2) is 6.61 Å². The second-order valence-electron chi connectivity index (χ2n) is 9.70. The standard InChI is InChI=1S/C23H20F7N5O/c24-15-3-6-17(18(25)7-15)21(31,11-35-13-32-33-34-35)23(29,30)20-8-19(9-20,10-20)14-1-4-16(5-2-14)36-12-22(26,27)28/h1-7,13H,8-12,31H2/t19?,20?,21-/m0/s1. The molecule has 3 saturated carbocycles. The van der Waals surface area contributed by atoms with Gasteiger partial charge < -0.3 is 10.5 Å². The number of nitrogens with zero attached hydrogens (tertiary/aromatic N) is 4. The molecule has 1 aromatic heterocycles. The lowest BCUT2D eigenvalue weighted by molar-refractivity contribution is -0.310. The van der Waals surface area contributed by atoms with E-state index in [4.69, 9.17) is 10.5 Å². The Balaban J connectivity index is 1.39. The minimum Gasteiger partial charge on any atom is -0.484 e. The lowest BCUT2D eigenvalue weighted by Gasteiger charge is -2.74. The van der Waals surface area contributed by atoms with Crippen molar-refractivity contribution in [3.05, 3.63) is 71.6 Å². The van der Waals surface area contributed by atoms with Crippen LogP contribution in [-0.4, -0.2) is 38.9 Å². The Kier molecular flexibility index (Phi) is 5.36. The molecule has 3 aromatic rings. The summed E-state index contributed by atoms with van der Waals surface area (Å²) in [6.07, 6.45) is -3.30. The van der Waals surface area contributed by atoms with Gasteiger partial charge in [-0.25, -0.2) is 22.2 Å². The van der Waals surface area contributed by atoms with E-state index < -0.39 is 58.8 Å². The molecule has 192 valence electrons. The molecule has 2 bridgehead atoms. The molecule has 0 radical (unpaired) electrons. The molecule has 0 spiro atoms. The Bertz CT molecular complexity index is 1240. The van der Waals surface area contributed by atoms with Crippen LogP contribution < -0.4 is 10.5 Å². The summed E-state index contributed by atoms with van der Waals surface area (Å²) in [4.78, 5) is 0. The topological polar surface area (TPSA) is 78.9 Å². The second kappa shape index (κ2) is 7.89. The summed E-state index contributed by atoms with van der Waals surface area (Å²) in [5.41, 5.74) is 1.68. The first-order chi connectivity index (χ1) is 16.8. The van der Waals surface area contributed by atoms with Crippen molar-refractivity contribution in [1.82, 2.24) is 20.2 Å². The van der Waals surface area contributed by atoms with Gasteiger partial charge in [-0.1, -0.05) is 18.2 Å². The number of ether oxygens (including phenoxy) is 1. The lowest BCUT2D eigenvalue weighted by Crippen LogP contribution is -2.77. The highest BCUT2D eigenvalue weighted by molar-refractivity contribution is 5.45. The molecule has 0 amide bonds. The zero-order chi connectivity index (χ0) is 26.0. The number of rotatable bonds is 8. The SMILES string of the molecule is N[C@@](Cn1cnnn1)(c1ccc(F)cc1F)C(F)(F)C12CC(c3ccc(OCC(F)(F)F)cc3)(C1)C2. The van der Waals surface area contributed by atoms with Crippen molar-refractivity contribution in [2.24, 2.45) is 11.1 Å². The summed E-state index contributed by atoms with van der Waals surface area (Å²) in [6.45, 7) is -2.10. The van der Waals surface area contributed by atoms with E-state index in [9.17, 15) is 22.0 Å². The average Bonchev–Trinajstić information content (AvgIpc) is 3.23. The minimum atomic E-state index is -4.48. The maximum atomic E-state index is 16.3. The Labute approximate surface area is 200 Å². The predicted molar refractivity (Wildman–Crippen MR) is 111 cm³/mol. The average molecular weight is 515 g/mol. The summed E-state index contributed by atoms with van der Waals surface area (Å²) in [7, 11) is 0. The normalized spacial score (nSPS) is 25.0. The third-order valence-corrected chi connectivity index (χ3v) is 7.34. The summed E-state index contributed by atoms with van der Waals surface area (Å²) in [6, 6.07) is 8.12. The van der Waals surface area contributed by atoms with Gasteiger partial charge in [-0.05, 0) is 58.9 Å². The Morgan fingerprint density at radius 2 is 1.64 bits per heavy atom. The zero-order valence-electron chi connectivity index (χ0n) is 18.6. The lowest BCUT2D eigenvalue weighted by atomic mass is 9.30. The molecule has 6 rings (SSSR count). The summed E-state index contributed by atoms with van der Waals surface area (Å²) >= 11 is 0. The third kappa shape index (κ3) is 3.71. The maximum absolute atomic E-state index is 16.3. The van der Waals surface area contributed by atoms with E-state index in [-0.39, 0.29) is 25.0 Å².